The molecule has 1 aromatic heterocycles. The predicted octanol–water partition coefficient (Wildman–Crippen LogP) is 4.17. The molecular weight excluding hydrogens is 474 g/mol. The molecule has 0 radical (unpaired) electrons. The second-order valence-electron chi connectivity index (χ2n) is 5.95. The predicted molar refractivity (Wildman–Crippen MR) is 122 cm³/mol. The van der Waals surface area contributed by atoms with Crippen LogP contribution in [0.2, 0.25) is 0 Å². The van der Waals surface area contributed by atoms with E-state index in [1.807, 2.05) is 24.4 Å². The molecular formula is C20H24FIN4O2. The van der Waals surface area contributed by atoms with E-state index in [0.29, 0.717) is 24.0 Å². The van der Waals surface area contributed by atoms with Crippen molar-refractivity contribution in [3.05, 3.63) is 54.0 Å². The number of H-pyrrole nitrogens is 1. The minimum Gasteiger partial charge on any atom is -0.493 e. The number of nitrogens with one attached hydrogen (secondary N) is 3. The Hall–Kier alpha value is -2.49. The number of fused-ring (bicyclic) bond motifs is 1. The van der Waals surface area contributed by atoms with Crippen LogP contribution in [0.4, 0.5) is 10.1 Å². The molecule has 3 rings (SSSR count). The first-order valence-corrected chi connectivity index (χ1v) is 8.60. The number of aromatic amines is 1. The summed E-state index contributed by atoms with van der Waals surface area (Å²) < 4.78 is 23.8. The third-order valence-electron chi connectivity index (χ3n) is 4.29. The lowest BCUT2D eigenvalue weighted by atomic mass is 10.1. The van der Waals surface area contributed by atoms with Crippen LogP contribution in [0.5, 0.6) is 11.5 Å². The van der Waals surface area contributed by atoms with Gasteiger partial charge in [-0.05, 0) is 42.3 Å². The Balaban J connectivity index is 0.00000280. The highest BCUT2D eigenvalue weighted by atomic mass is 127. The van der Waals surface area contributed by atoms with E-state index >= 15 is 0 Å². The van der Waals surface area contributed by atoms with Gasteiger partial charge < -0.3 is 25.1 Å². The number of ether oxygens (including phenoxy) is 2. The van der Waals surface area contributed by atoms with Gasteiger partial charge in [0.1, 0.15) is 5.82 Å². The Morgan fingerprint density at radius 2 is 1.89 bits per heavy atom. The summed E-state index contributed by atoms with van der Waals surface area (Å²) in [7, 11) is 4.91. The molecule has 28 heavy (non-hydrogen) atoms. The Kier molecular flexibility index (Phi) is 7.91. The summed E-state index contributed by atoms with van der Waals surface area (Å²) in [6.45, 7) is 0.678. The standard InChI is InChI=1S/C20H23FN4O2.HI/c1-22-20(25-15-5-7-18(26-2)19(11-15)27-3)23-9-8-13-12-24-17-10-14(21)4-6-16(13)17;/h4-7,10-12,24H,8-9H2,1-3H3,(H2,22,23,25);1H. The fourth-order valence-corrected chi connectivity index (χ4v) is 2.91. The van der Waals surface area contributed by atoms with Gasteiger partial charge in [0.05, 0.1) is 14.2 Å². The molecule has 0 aliphatic rings. The molecule has 0 saturated heterocycles. The number of halogens is 2. The minimum atomic E-state index is -0.242. The quantitative estimate of drug-likeness (QED) is 0.271. The summed E-state index contributed by atoms with van der Waals surface area (Å²) in [5, 5.41) is 7.53. The fourth-order valence-electron chi connectivity index (χ4n) is 2.91. The fraction of sp³-hybridized carbons (Fsp3) is 0.250. The van der Waals surface area contributed by atoms with Gasteiger partial charge in [0.2, 0.25) is 0 Å². The molecule has 0 aliphatic heterocycles. The van der Waals surface area contributed by atoms with Crippen molar-refractivity contribution in [2.75, 3.05) is 33.1 Å². The van der Waals surface area contributed by atoms with Crippen LogP contribution in [0.1, 0.15) is 5.56 Å². The molecule has 0 aliphatic carbocycles. The highest BCUT2D eigenvalue weighted by Gasteiger charge is 2.07. The maximum atomic E-state index is 13.3. The van der Waals surface area contributed by atoms with E-state index < -0.39 is 0 Å². The van der Waals surface area contributed by atoms with E-state index in [1.165, 1.54) is 12.1 Å². The average molecular weight is 498 g/mol. The number of methoxy groups -OCH3 is 2. The number of aliphatic imine (C=N–C) groups is 1. The Labute approximate surface area is 180 Å². The first-order chi connectivity index (χ1) is 13.1. The van der Waals surface area contributed by atoms with Crippen LogP contribution in [0, 0.1) is 5.82 Å². The molecule has 0 fully saturated rings. The van der Waals surface area contributed by atoms with Gasteiger partial charge in [-0.25, -0.2) is 4.39 Å². The molecule has 6 nitrogen and oxygen atoms in total. The number of rotatable bonds is 6. The van der Waals surface area contributed by atoms with Gasteiger partial charge >= 0.3 is 0 Å². The van der Waals surface area contributed by atoms with Crippen LogP contribution in [-0.4, -0.2) is 38.8 Å². The Morgan fingerprint density at radius 3 is 2.61 bits per heavy atom. The second-order valence-corrected chi connectivity index (χ2v) is 5.95. The summed E-state index contributed by atoms with van der Waals surface area (Å²) in [5.41, 5.74) is 2.76. The maximum Gasteiger partial charge on any atom is 0.195 e. The van der Waals surface area contributed by atoms with Gasteiger partial charge in [0.15, 0.2) is 17.5 Å². The van der Waals surface area contributed by atoms with Crippen molar-refractivity contribution < 1.29 is 13.9 Å². The molecule has 2 aromatic carbocycles. The maximum absolute atomic E-state index is 13.3. The van der Waals surface area contributed by atoms with Crippen LogP contribution in [0.25, 0.3) is 10.9 Å². The molecule has 0 bridgehead atoms. The van der Waals surface area contributed by atoms with Gasteiger partial charge in [0.25, 0.3) is 0 Å². The van der Waals surface area contributed by atoms with E-state index in [-0.39, 0.29) is 29.8 Å². The largest absolute Gasteiger partial charge is 0.493 e. The van der Waals surface area contributed by atoms with E-state index in [2.05, 4.69) is 20.6 Å². The van der Waals surface area contributed by atoms with Gasteiger partial charge in [-0.3, -0.25) is 4.99 Å². The monoisotopic (exact) mass is 498 g/mol. The van der Waals surface area contributed by atoms with Gasteiger partial charge in [-0.15, -0.1) is 24.0 Å². The van der Waals surface area contributed by atoms with Gasteiger partial charge in [0, 0.05) is 42.4 Å². The van der Waals surface area contributed by atoms with E-state index in [4.69, 9.17) is 9.47 Å². The highest BCUT2D eigenvalue weighted by Crippen LogP contribution is 2.29. The van der Waals surface area contributed by atoms with Crippen LogP contribution in [0.15, 0.2) is 47.6 Å². The lowest BCUT2D eigenvalue weighted by Crippen LogP contribution is -2.32. The summed E-state index contributed by atoms with van der Waals surface area (Å²) >= 11 is 0. The molecule has 0 amide bonds. The molecule has 0 unspecified atom stereocenters. The third-order valence-corrected chi connectivity index (χ3v) is 4.29. The van der Waals surface area contributed by atoms with E-state index in [0.717, 1.165) is 28.6 Å². The molecule has 0 saturated carbocycles. The zero-order valence-electron chi connectivity index (χ0n) is 16.0. The van der Waals surface area contributed by atoms with Crippen LogP contribution in [0.3, 0.4) is 0 Å². The normalized spacial score (nSPS) is 11.1. The first kappa shape index (κ1) is 21.8. The van der Waals surface area contributed by atoms with E-state index in [1.54, 1.807) is 27.3 Å². The van der Waals surface area contributed by atoms with Crippen molar-refractivity contribution in [3.63, 3.8) is 0 Å². The van der Waals surface area contributed by atoms with Crippen molar-refractivity contribution in [1.29, 1.82) is 0 Å². The average Bonchev–Trinajstić information content (AvgIpc) is 3.08. The van der Waals surface area contributed by atoms with Crippen molar-refractivity contribution in [2.45, 2.75) is 6.42 Å². The number of hydrogen-bond donors (Lipinski definition) is 3. The second kappa shape index (κ2) is 10.2. The Bertz CT molecular complexity index is 959. The highest BCUT2D eigenvalue weighted by molar-refractivity contribution is 14.0. The number of anilines is 1. The zero-order chi connectivity index (χ0) is 19.2. The molecule has 1 heterocycles. The van der Waals surface area contributed by atoms with Crippen LogP contribution >= 0.6 is 24.0 Å². The minimum absolute atomic E-state index is 0. The molecule has 150 valence electrons. The number of hydrogen-bond acceptors (Lipinski definition) is 3. The number of aromatic nitrogens is 1. The summed E-state index contributed by atoms with van der Waals surface area (Å²) in [5.74, 6) is 1.72. The van der Waals surface area contributed by atoms with Crippen LogP contribution < -0.4 is 20.1 Å². The number of benzene rings is 2. The lowest BCUT2D eigenvalue weighted by molar-refractivity contribution is 0.355. The van der Waals surface area contributed by atoms with Gasteiger partial charge in [-0.1, -0.05) is 0 Å². The summed E-state index contributed by atoms with van der Waals surface area (Å²) in [6.07, 6.45) is 2.69. The molecule has 0 spiro atoms. The molecule has 3 aromatic rings. The van der Waals surface area contributed by atoms with Crippen molar-refractivity contribution in [3.8, 4) is 11.5 Å². The third kappa shape index (κ3) is 5.06. The van der Waals surface area contributed by atoms with Crippen LogP contribution in [-0.2, 0) is 6.42 Å². The first-order valence-electron chi connectivity index (χ1n) is 8.60. The molecule has 8 heteroatoms. The van der Waals surface area contributed by atoms with Crippen molar-refractivity contribution in [2.24, 2.45) is 4.99 Å². The Morgan fingerprint density at radius 1 is 1.11 bits per heavy atom. The van der Waals surface area contributed by atoms with E-state index in [9.17, 15) is 4.39 Å². The molecule has 3 N–H and O–H groups in total. The SMILES string of the molecule is CN=C(NCCc1c[nH]c2cc(F)ccc12)Nc1ccc(OC)c(OC)c1.I. The lowest BCUT2D eigenvalue weighted by Gasteiger charge is -2.14. The van der Waals surface area contributed by atoms with Crippen molar-refractivity contribution >= 4 is 46.5 Å². The molecule has 0 atom stereocenters. The number of guanidine groups is 1. The summed E-state index contributed by atoms with van der Waals surface area (Å²) in [4.78, 5) is 7.34. The van der Waals surface area contributed by atoms with Gasteiger partial charge in [-0.2, -0.15) is 0 Å². The number of nitrogens with zero attached hydrogens (tertiary/aromatic N) is 1. The summed E-state index contributed by atoms with van der Waals surface area (Å²) in [6, 6.07) is 10.4. The topological polar surface area (TPSA) is 70.7 Å². The van der Waals surface area contributed by atoms with Crippen molar-refractivity contribution in [1.82, 2.24) is 10.3 Å². The smallest absolute Gasteiger partial charge is 0.195 e. The zero-order valence-corrected chi connectivity index (χ0v) is 18.3.